The molecule has 8 heteroatoms. The van der Waals surface area contributed by atoms with Crippen LogP contribution in [0.2, 0.25) is 5.02 Å². The molecule has 0 atom stereocenters. The minimum absolute atomic E-state index is 0. The quantitative estimate of drug-likeness (QED) is 0.216. The van der Waals surface area contributed by atoms with Crippen LogP contribution in [0.15, 0.2) is 84.9 Å². The second kappa shape index (κ2) is 16.8. The minimum atomic E-state index is -0.794. The standard InChI is InChI=1S/C35H44ClN3O2.2ClH/c36-32-14-12-31(13-15-32)35(41)19-24-39(25-20-35)23-7-18-34(29-8-3-1-4-9-29,30-10-5-2-6-11-30)27-38-33(40)26-28-16-21-37-22-17-28;;/h1-6,8-15,28,37,41H,7,16-27H2,(H,38,40);2*1H. The maximum absolute atomic E-state index is 13.2. The molecule has 0 saturated carbocycles. The van der Waals surface area contributed by atoms with Crippen LogP contribution in [0.5, 0.6) is 0 Å². The summed E-state index contributed by atoms with van der Waals surface area (Å²) in [6, 6.07) is 29.0. The number of halogens is 3. The van der Waals surface area contributed by atoms with Gasteiger partial charge in [-0.15, -0.1) is 24.8 Å². The van der Waals surface area contributed by atoms with Crippen LogP contribution in [0.1, 0.15) is 61.6 Å². The second-order valence-corrected chi connectivity index (χ2v) is 12.4. The summed E-state index contributed by atoms with van der Waals surface area (Å²) in [4.78, 5) is 15.6. The molecule has 0 spiro atoms. The summed E-state index contributed by atoms with van der Waals surface area (Å²) < 4.78 is 0. The van der Waals surface area contributed by atoms with Crippen LogP contribution < -0.4 is 10.6 Å². The summed E-state index contributed by atoms with van der Waals surface area (Å²) in [5, 5.41) is 18.8. The predicted octanol–water partition coefficient (Wildman–Crippen LogP) is 6.74. The molecular weight excluding hydrogens is 601 g/mol. The zero-order valence-corrected chi connectivity index (χ0v) is 27.2. The Labute approximate surface area is 274 Å². The molecule has 2 fully saturated rings. The average molecular weight is 647 g/mol. The van der Waals surface area contributed by atoms with Crippen molar-refractivity contribution in [2.45, 2.75) is 56.0 Å². The lowest BCUT2D eigenvalue weighted by Gasteiger charge is -2.40. The van der Waals surface area contributed by atoms with Crippen molar-refractivity contribution in [3.8, 4) is 0 Å². The van der Waals surface area contributed by atoms with Crippen molar-refractivity contribution < 1.29 is 9.90 Å². The van der Waals surface area contributed by atoms with E-state index in [4.69, 9.17) is 11.6 Å². The molecule has 0 unspecified atom stereocenters. The van der Waals surface area contributed by atoms with E-state index in [9.17, 15) is 9.90 Å². The van der Waals surface area contributed by atoms with E-state index in [1.165, 1.54) is 11.1 Å². The Hall–Kier alpha value is -2.12. The van der Waals surface area contributed by atoms with Crippen LogP contribution in [0, 0.1) is 5.92 Å². The van der Waals surface area contributed by atoms with E-state index >= 15 is 0 Å². The molecule has 0 radical (unpaired) electrons. The van der Waals surface area contributed by atoms with Crippen molar-refractivity contribution in [2.24, 2.45) is 5.92 Å². The molecule has 2 aliphatic heterocycles. The van der Waals surface area contributed by atoms with Gasteiger partial charge >= 0.3 is 0 Å². The van der Waals surface area contributed by atoms with Gasteiger partial charge in [-0.3, -0.25) is 4.79 Å². The predicted molar refractivity (Wildman–Crippen MR) is 182 cm³/mol. The van der Waals surface area contributed by atoms with Crippen molar-refractivity contribution in [1.29, 1.82) is 0 Å². The smallest absolute Gasteiger partial charge is 0.220 e. The van der Waals surface area contributed by atoms with Crippen molar-refractivity contribution in [2.75, 3.05) is 39.3 Å². The first-order valence-electron chi connectivity index (χ1n) is 15.3. The van der Waals surface area contributed by atoms with Crippen LogP contribution in [-0.4, -0.2) is 55.2 Å². The molecule has 43 heavy (non-hydrogen) atoms. The number of hydrogen-bond acceptors (Lipinski definition) is 4. The molecular formula is C35H46Cl3N3O2. The molecule has 5 rings (SSSR count). The van der Waals surface area contributed by atoms with E-state index < -0.39 is 5.60 Å². The lowest BCUT2D eigenvalue weighted by Crippen LogP contribution is -2.45. The van der Waals surface area contributed by atoms with Crippen LogP contribution in [-0.2, 0) is 15.8 Å². The van der Waals surface area contributed by atoms with E-state index in [2.05, 4.69) is 76.2 Å². The number of carbonyl (C=O) groups excluding carboxylic acids is 1. The third-order valence-electron chi connectivity index (χ3n) is 9.32. The van der Waals surface area contributed by atoms with Gasteiger partial charge in [-0.2, -0.15) is 0 Å². The number of benzene rings is 3. The van der Waals surface area contributed by atoms with E-state index in [0.29, 0.717) is 36.7 Å². The van der Waals surface area contributed by atoms with E-state index in [1.54, 1.807) is 0 Å². The van der Waals surface area contributed by atoms with Gasteiger partial charge in [0.1, 0.15) is 0 Å². The third-order valence-corrected chi connectivity index (χ3v) is 9.57. The summed E-state index contributed by atoms with van der Waals surface area (Å²) >= 11 is 6.07. The fourth-order valence-corrected chi connectivity index (χ4v) is 6.86. The Morgan fingerprint density at radius 1 is 0.907 bits per heavy atom. The zero-order valence-electron chi connectivity index (χ0n) is 24.8. The largest absolute Gasteiger partial charge is 0.385 e. The maximum Gasteiger partial charge on any atom is 0.220 e. The lowest BCUT2D eigenvalue weighted by molar-refractivity contribution is -0.122. The van der Waals surface area contributed by atoms with Gasteiger partial charge in [0.05, 0.1) is 5.60 Å². The van der Waals surface area contributed by atoms with Crippen molar-refractivity contribution in [3.63, 3.8) is 0 Å². The molecule has 234 valence electrons. The molecule has 0 aliphatic carbocycles. The number of aliphatic hydroxyl groups is 1. The van der Waals surface area contributed by atoms with E-state index in [-0.39, 0.29) is 36.1 Å². The fourth-order valence-electron chi connectivity index (χ4n) is 6.73. The summed E-state index contributed by atoms with van der Waals surface area (Å²) in [5.74, 6) is 0.621. The number of likely N-dealkylation sites (tertiary alicyclic amines) is 1. The summed E-state index contributed by atoms with van der Waals surface area (Å²) in [7, 11) is 0. The highest BCUT2D eigenvalue weighted by molar-refractivity contribution is 6.30. The lowest BCUT2D eigenvalue weighted by atomic mass is 9.71. The van der Waals surface area contributed by atoms with Gasteiger partial charge in [0.15, 0.2) is 0 Å². The van der Waals surface area contributed by atoms with Crippen molar-refractivity contribution in [1.82, 2.24) is 15.5 Å². The zero-order chi connectivity index (χ0) is 28.5. The number of amides is 1. The highest BCUT2D eigenvalue weighted by Gasteiger charge is 2.36. The first kappa shape index (κ1) is 35.4. The summed E-state index contributed by atoms with van der Waals surface area (Å²) in [6.07, 6.45) is 6.08. The molecule has 0 aromatic heterocycles. The molecule has 2 saturated heterocycles. The first-order chi connectivity index (χ1) is 20.0. The highest BCUT2D eigenvalue weighted by atomic mass is 35.5. The highest BCUT2D eigenvalue weighted by Crippen LogP contribution is 2.38. The van der Waals surface area contributed by atoms with Gasteiger partial charge in [0, 0.05) is 36.5 Å². The van der Waals surface area contributed by atoms with Gasteiger partial charge in [-0.05, 0) is 92.9 Å². The summed E-state index contributed by atoms with van der Waals surface area (Å²) in [5.41, 5.74) is 2.33. The molecule has 5 nitrogen and oxygen atoms in total. The number of nitrogens with zero attached hydrogens (tertiary/aromatic N) is 1. The molecule has 0 bridgehead atoms. The normalized spacial score (nSPS) is 17.3. The maximum atomic E-state index is 13.2. The Morgan fingerprint density at radius 2 is 1.47 bits per heavy atom. The van der Waals surface area contributed by atoms with Crippen LogP contribution in [0.3, 0.4) is 0 Å². The van der Waals surface area contributed by atoms with Crippen LogP contribution in [0.4, 0.5) is 0 Å². The van der Waals surface area contributed by atoms with E-state index in [0.717, 1.165) is 64.0 Å². The first-order valence-corrected chi connectivity index (χ1v) is 15.6. The fraction of sp³-hybridized carbons (Fsp3) is 0.457. The molecule has 3 aromatic carbocycles. The molecule has 2 aliphatic rings. The number of nitrogens with one attached hydrogen (secondary N) is 2. The topological polar surface area (TPSA) is 64.6 Å². The SMILES string of the molecule is Cl.Cl.O=C(CC1CCNCC1)NCC(CCCN1CCC(O)(c2ccc(Cl)cc2)CC1)(c1ccccc1)c1ccccc1. The Balaban J connectivity index is 0.00000253. The molecule has 1 amide bonds. The average Bonchev–Trinajstić information content (AvgIpc) is 3.01. The van der Waals surface area contributed by atoms with Gasteiger partial charge in [-0.1, -0.05) is 84.4 Å². The number of carbonyl (C=O) groups is 1. The number of rotatable bonds is 11. The third kappa shape index (κ3) is 9.20. The van der Waals surface area contributed by atoms with E-state index in [1.807, 2.05) is 24.3 Å². The van der Waals surface area contributed by atoms with Crippen molar-refractivity contribution >= 4 is 42.3 Å². The van der Waals surface area contributed by atoms with Crippen molar-refractivity contribution in [3.05, 3.63) is 107 Å². The minimum Gasteiger partial charge on any atom is -0.385 e. The van der Waals surface area contributed by atoms with Crippen LogP contribution in [0.25, 0.3) is 0 Å². The second-order valence-electron chi connectivity index (χ2n) is 12.0. The number of hydrogen-bond donors (Lipinski definition) is 3. The Kier molecular flexibility index (Phi) is 13.8. The Bertz CT molecular complexity index is 1190. The van der Waals surface area contributed by atoms with Gasteiger partial charge in [0.2, 0.25) is 5.91 Å². The van der Waals surface area contributed by atoms with Gasteiger partial charge in [0.25, 0.3) is 0 Å². The Morgan fingerprint density at radius 3 is 2.02 bits per heavy atom. The molecule has 3 aromatic rings. The monoisotopic (exact) mass is 645 g/mol. The molecule has 2 heterocycles. The van der Waals surface area contributed by atoms with Gasteiger partial charge < -0.3 is 20.6 Å². The molecule has 3 N–H and O–H groups in total. The number of piperidine rings is 2. The summed E-state index contributed by atoms with van der Waals surface area (Å²) in [6.45, 7) is 5.26. The van der Waals surface area contributed by atoms with Gasteiger partial charge in [-0.25, -0.2) is 0 Å². The van der Waals surface area contributed by atoms with Crippen LogP contribution >= 0.6 is 36.4 Å².